The van der Waals surface area contributed by atoms with Gasteiger partial charge in [-0.3, -0.25) is 0 Å². The fraction of sp³-hybridized carbons (Fsp3) is 0.577. The molecule has 1 aromatic carbocycles. The first-order valence-electron chi connectivity index (χ1n) is 11.3. The van der Waals surface area contributed by atoms with Gasteiger partial charge in [0.05, 0.1) is 0 Å². The summed E-state index contributed by atoms with van der Waals surface area (Å²) in [7, 11) is 0. The number of amides is 1. The van der Waals surface area contributed by atoms with E-state index in [1.807, 2.05) is 32.9 Å². The van der Waals surface area contributed by atoms with E-state index in [0.717, 1.165) is 31.7 Å². The Morgan fingerprint density at radius 1 is 1.00 bits per heavy atom. The van der Waals surface area contributed by atoms with E-state index in [4.69, 9.17) is 9.47 Å². The van der Waals surface area contributed by atoms with Gasteiger partial charge in [-0.05, 0) is 72.7 Å². The number of anilines is 1. The van der Waals surface area contributed by atoms with Crippen LogP contribution in [0, 0.1) is 0 Å². The average molecular weight is 429 g/mol. The highest BCUT2D eigenvalue weighted by Crippen LogP contribution is 2.24. The topological polar surface area (TPSA) is 42.0 Å². The van der Waals surface area contributed by atoms with Gasteiger partial charge in [0.2, 0.25) is 0 Å². The van der Waals surface area contributed by atoms with E-state index >= 15 is 0 Å². The zero-order valence-electron chi connectivity index (χ0n) is 20.4. The monoisotopic (exact) mass is 428 g/mol. The fourth-order valence-corrected chi connectivity index (χ4v) is 3.28. The third-order valence-corrected chi connectivity index (χ3v) is 5.04. The van der Waals surface area contributed by atoms with Gasteiger partial charge < -0.3 is 19.3 Å². The minimum atomic E-state index is -0.461. The van der Waals surface area contributed by atoms with Crippen molar-refractivity contribution in [2.75, 3.05) is 31.1 Å². The van der Waals surface area contributed by atoms with Crippen LogP contribution in [0.4, 0.5) is 10.5 Å². The van der Waals surface area contributed by atoms with Crippen molar-refractivity contribution < 1.29 is 14.3 Å². The summed E-state index contributed by atoms with van der Waals surface area (Å²) < 4.78 is 11.7. The Hall–Kier alpha value is -2.43. The van der Waals surface area contributed by atoms with Gasteiger partial charge in [-0.15, -0.1) is 0 Å². The van der Waals surface area contributed by atoms with Crippen LogP contribution in [-0.4, -0.2) is 48.9 Å². The fourth-order valence-electron chi connectivity index (χ4n) is 3.28. The SMILES string of the molecule is CC(C)=CCN(CC=C(C)C)c1ccc(OC2CCN(C(=O)OC(C)(C)C)CC2)cc1. The molecule has 0 N–H and O–H groups in total. The highest BCUT2D eigenvalue weighted by atomic mass is 16.6. The highest BCUT2D eigenvalue weighted by molar-refractivity contribution is 5.68. The number of nitrogens with zero attached hydrogens (tertiary/aromatic N) is 2. The summed E-state index contributed by atoms with van der Waals surface area (Å²) in [5.41, 5.74) is 3.36. The first kappa shape index (κ1) is 24.8. The number of allylic oxidation sites excluding steroid dienone is 2. The second-order valence-corrected chi connectivity index (χ2v) is 9.75. The zero-order valence-corrected chi connectivity index (χ0v) is 20.4. The van der Waals surface area contributed by atoms with Gasteiger partial charge in [0.25, 0.3) is 0 Å². The van der Waals surface area contributed by atoms with Gasteiger partial charge >= 0.3 is 6.09 Å². The number of likely N-dealkylation sites (tertiary alicyclic amines) is 1. The molecule has 1 fully saturated rings. The Kier molecular flexibility index (Phi) is 9.02. The normalized spacial score (nSPS) is 14.6. The number of ether oxygens (including phenoxy) is 2. The minimum absolute atomic E-state index is 0.122. The molecule has 0 spiro atoms. The molecule has 5 nitrogen and oxygen atoms in total. The Morgan fingerprint density at radius 3 is 1.97 bits per heavy atom. The molecule has 0 radical (unpaired) electrons. The summed E-state index contributed by atoms with van der Waals surface area (Å²) in [6.45, 7) is 17.3. The van der Waals surface area contributed by atoms with Crippen LogP contribution in [0.25, 0.3) is 0 Å². The van der Waals surface area contributed by atoms with Crippen LogP contribution in [-0.2, 0) is 4.74 Å². The van der Waals surface area contributed by atoms with E-state index in [9.17, 15) is 4.79 Å². The number of hydrogen-bond acceptors (Lipinski definition) is 4. The Morgan fingerprint density at radius 2 is 1.52 bits per heavy atom. The Labute approximate surface area is 188 Å². The molecule has 1 aromatic rings. The molecule has 1 aliphatic heterocycles. The molecule has 1 saturated heterocycles. The van der Waals surface area contributed by atoms with Gasteiger partial charge in [0, 0.05) is 44.7 Å². The number of benzene rings is 1. The molecular weight excluding hydrogens is 388 g/mol. The van der Waals surface area contributed by atoms with Crippen molar-refractivity contribution in [2.45, 2.75) is 73.0 Å². The lowest BCUT2D eigenvalue weighted by Crippen LogP contribution is -2.44. The first-order valence-corrected chi connectivity index (χ1v) is 11.3. The highest BCUT2D eigenvalue weighted by Gasteiger charge is 2.27. The lowest BCUT2D eigenvalue weighted by molar-refractivity contribution is 0.0126. The molecule has 0 aromatic heterocycles. The Bertz CT molecular complexity index is 739. The molecule has 0 unspecified atom stereocenters. The summed E-state index contributed by atoms with van der Waals surface area (Å²) in [4.78, 5) is 16.3. The summed E-state index contributed by atoms with van der Waals surface area (Å²) in [5.74, 6) is 0.879. The predicted octanol–water partition coefficient (Wildman–Crippen LogP) is 6.20. The molecule has 0 saturated carbocycles. The molecule has 0 bridgehead atoms. The van der Waals surface area contributed by atoms with Crippen LogP contribution < -0.4 is 9.64 Å². The lowest BCUT2D eigenvalue weighted by atomic mass is 10.1. The van der Waals surface area contributed by atoms with Crippen molar-refractivity contribution in [2.24, 2.45) is 0 Å². The van der Waals surface area contributed by atoms with Gasteiger partial charge in [0.1, 0.15) is 17.5 Å². The molecule has 1 amide bonds. The van der Waals surface area contributed by atoms with E-state index < -0.39 is 5.60 Å². The summed E-state index contributed by atoms with van der Waals surface area (Å²) in [6.07, 6.45) is 6.02. The molecule has 2 rings (SSSR count). The molecule has 1 aliphatic rings. The van der Waals surface area contributed by atoms with Crippen LogP contribution in [0.1, 0.15) is 61.3 Å². The van der Waals surface area contributed by atoms with Gasteiger partial charge in [0.15, 0.2) is 0 Å². The van der Waals surface area contributed by atoms with Crippen LogP contribution in [0.2, 0.25) is 0 Å². The summed E-state index contributed by atoms with van der Waals surface area (Å²) in [6, 6.07) is 8.35. The number of rotatable bonds is 7. The Balaban J connectivity index is 1.92. The largest absolute Gasteiger partial charge is 0.490 e. The molecule has 1 heterocycles. The van der Waals surface area contributed by atoms with Gasteiger partial charge in [-0.2, -0.15) is 0 Å². The predicted molar refractivity (Wildman–Crippen MR) is 129 cm³/mol. The van der Waals surface area contributed by atoms with Crippen LogP contribution in [0.3, 0.4) is 0 Å². The molecule has 5 heteroatoms. The minimum Gasteiger partial charge on any atom is -0.490 e. The van der Waals surface area contributed by atoms with Crippen molar-refractivity contribution in [3.05, 3.63) is 47.6 Å². The molecular formula is C26H40N2O3. The molecule has 0 atom stereocenters. The third kappa shape index (κ3) is 9.07. The van der Waals surface area contributed by atoms with Crippen molar-refractivity contribution in [3.63, 3.8) is 0 Å². The van der Waals surface area contributed by atoms with Gasteiger partial charge in [-0.1, -0.05) is 23.3 Å². The van der Waals surface area contributed by atoms with E-state index in [0.29, 0.717) is 13.1 Å². The van der Waals surface area contributed by atoms with E-state index in [1.54, 1.807) is 4.90 Å². The maximum atomic E-state index is 12.2. The van der Waals surface area contributed by atoms with Crippen molar-refractivity contribution in [3.8, 4) is 5.75 Å². The van der Waals surface area contributed by atoms with Crippen molar-refractivity contribution >= 4 is 11.8 Å². The number of carbonyl (C=O) groups excluding carboxylic acids is 1. The first-order chi connectivity index (χ1) is 14.5. The van der Waals surface area contributed by atoms with E-state index in [1.165, 1.54) is 16.8 Å². The zero-order chi connectivity index (χ0) is 23.0. The van der Waals surface area contributed by atoms with Crippen LogP contribution in [0.5, 0.6) is 5.75 Å². The van der Waals surface area contributed by atoms with Crippen molar-refractivity contribution in [1.82, 2.24) is 4.90 Å². The maximum absolute atomic E-state index is 12.2. The van der Waals surface area contributed by atoms with Crippen LogP contribution >= 0.6 is 0 Å². The van der Waals surface area contributed by atoms with E-state index in [-0.39, 0.29) is 12.2 Å². The lowest BCUT2D eigenvalue weighted by Gasteiger charge is -2.33. The van der Waals surface area contributed by atoms with Crippen molar-refractivity contribution in [1.29, 1.82) is 0 Å². The third-order valence-electron chi connectivity index (χ3n) is 5.04. The molecule has 0 aliphatic carbocycles. The summed E-state index contributed by atoms with van der Waals surface area (Å²) >= 11 is 0. The van der Waals surface area contributed by atoms with E-state index in [2.05, 4.69) is 56.9 Å². The standard InChI is InChI=1S/C26H40N2O3/c1-20(2)12-16-27(17-13-21(3)4)22-8-10-23(11-9-22)30-24-14-18-28(19-15-24)25(29)31-26(5,6)7/h8-13,24H,14-19H2,1-7H3. The van der Waals surface area contributed by atoms with Gasteiger partial charge in [-0.25, -0.2) is 4.79 Å². The second-order valence-electron chi connectivity index (χ2n) is 9.75. The number of piperidine rings is 1. The summed E-state index contributed by atoms with van der Waals surface area (Å²) in [5, 5.41) is 0. The number of hydrogen-bond donors (Lipinski definition) is 0. The number of carbonyl (C=O) groups is 1. The second kappa shape index (κ2) is 11.3. The smallest absolute Gasteiger partial charge is 0.410 e. The quantitative estimate of drug-likeness (QED) is 0.485. The molecule has 172 valence electrons. The molecule has 31 heavy (non-hydrogen) atoms. The van der Waals surface area contributed by atoms with Crippen LogP contribution in [0.15, 0.2) is 47.6 Å². The average Bonchev–Trinajstić information content (AvgIpc) is 2.68. The maximum Gasteiger partial charge on any atom is 0.410 e.